The molecule has 0 heterocycles. The molecule has 0 saturated heterocycles. The van der Waals surface area contributed by atoms with E-state index in [1.165, 1.54) is 0 Å². The predicted octanol–water partition coefficient (Wildman–Crippen LogP) is 3.14. The van der Waals surface area contributed by atoms with Crippen LogP contribution < -0.4 is 0 Å². The first-order valence-electron chi connectivity index (χ1n) is 4.58. The van der Waals surface area contributed by atoms with Crippen LogP contribution >= 0.6 is 23.2 Å². The number of hydrogen-bond acceptors (Lipinski definition) is 2. The Morgan fingerprint density at radius 1 is 1.33 bits per heavy atom. The molecule has 0 aromatic heterocycles. The zero-order valence-corrected chi connectivity index (χ0v) is 9.94. The number of ether oxygens (including phenoxy) is 1. The summed E-state index contributed by atoms with van der Waals surface area (Å²) in [7, 11) is 1.57. The van der Waals surface area contributed by atoms with E-state index >= 15 is 0 Å². The number of halogens is 2. The first-order valence-corrected chi connectivity index (χ1v) is 5.34. The number of rotatable bonds is 5. The summed E-state index contributed by atoms with van der Waals surface area (Å²) >= 11 is 11.9. The van der Waals surface area contributed by atoms with Crippen LogP contribution in [0, 0.1) is 0 Å². The second-order valence-corrected chi connectivity index (χ2v) is 3.97. The number of Topliss-reactive ketones (excluding diaryl/α,β-unsaturated/α-hetero) is 1. The minimum Gasteiger partial charge on any atom is -0.384 e. The van der Waals surface area contributed by atoms with Crippen LogP contribution in [0.25, 0.3) is 0 Å². The van der Waals surface area contributed by atoms with Crippen molar-refractivity contribution in [3.63, 3.8) is 0 Å². The molecule has 0 radical (unpaired) electrons. The quantitative estimate of drug-likeness (QED) is 0.798. The topological polar surface area (TPSA) is 26.3 Å². The molecule has 0 saturated carbocycles. The maximum atomic E-state index is 11.5. The lowest BCUT2D eigenvalue weighted by molar-refractivity contribution is -0.119. The van der Waals surface area contributed by atoms with Gasteiger partial charge < -0.3 is 4.74 Å². The van der Waals surface area contributed by atoms with Crippen molar-refractivity contribution >= 4 is 29.0 Å². The number of carbonyl (C=O) groups excluding carboxylic acids is 1. The molecule has 0 amide bonds. The van der Waals surface area contributed by atoms with Crippen LogP contribution in [-0.2, 0) is 16.0 Å². The first-order chi connectivity index (χ1) is 7.15. The van der Waals surface area contributed by atoms with E-state index in [2.05, 4.69) is 0 Å². The zero-order chi connectivity index (χ0) is 11.3. The first kappa shape index (κ1) is 12.5. The molecule has 0 aliphatic carbocycles. The fourth-order valence-corrected chi connectivity index (χ4v) is 1.73. The molecule has 0 aliphatic rings. The fourth-order valence-electron chi connectivity index (χ4n) is 1.20. The fraction of sp³-hybridized carbons (Fsp3) is 0.364. The molecule has 0 spiro atoms. The molecule has 4 heteroatoms. The van der Waals surface area contributed by atoms with Crippen molar-refractivity contribution in [2.24, 2.45) is 0 Å². The van der Waals surface area contributed by atoms with Crippen LogP contribution in [0.2, 0.25) is 10.0 Å². The Kier molecular flexibility index (Phi) is 5.09. The molecule has 15 heavy (non-hydrogen) atoms. The molecule has 1 rings (SSSR count). The minimum atomic E-state index is 0.0758. The SMILES string of the molecule is COCCC(=O)Cc1c(Cl)cccc1Cl. The second kappa shape index (κ2) is 6.11. The number of ketones is 1. The van der Waals surface area contributed by atoms with E-state index in [0.717, 1.165) is 0 Å². The molecule has 0 fully saturated rings. The molecule has 1 aromatic carbocycles. The summed E-state index contributed by atoms with van der Waals surface area (Å²) in [4.78, 5) is 11.5. The van der Waals surface area contributed by atoms with Gasteiger partial charge in [-0.1, -0.05) is 29.3 Å². The summed E-state index contributed by atoms with van der Waals surface area (Å²) in [5.41, 5.74) is 0.696. The summed E-state index contributed by atoms with van der Waals surface area (Å²) in [5.74, 6) is 0.0758. The lowest BCUT2D eigenvalue weighted by Crippen LogP contribution is -2.06. The highest BCUT2D eigenvalue weighted by Crippen LogP contribution is 2.24. The van der Waals surface area contributed by atoms with Crippen molar-refractivity contribution in [1.82, 2.24) is 0 Å². The average molecular weight is 247 g/mol. The molecular formula is C11H12Cl2O2. The normalized spacial score (nSPS) is 10.3. The van der Waals surface area contributed by atoms with Gasteiger partial charge in [-0.2, -0.15) is 0 Å². The summed E-state index contributed by atoms with van der Waals surface area (Å²) in [6.07, 6.45) is 0.653. The maximum absolute atomic E-state index is 11.5. The minimum absolute atomic E-state index is 0.0758. The van der Waals surface area contributed by atoms with Crippen LogP contribution in [0.5, 0.6) is 0 Å². The maximum Gasteiger partial charge on any atom is 0.139 e. The van der Waals surface area contributed by atoms with E-state index in [4.69, 9.17) is 27.9 Å². The Bertz CT molecular complexity index is 330. The highest BCUT2D eigenvalue weighted by Gasteiger charge is 2.10. The Labute approximate surface area is 99.1 Å². The Morgan fingerprint density at radius 3 is 2.47 bits per heavy atom. The van der Waals surface area contributed by atoms with E-state index in [9.17, 15) is 4.79 Å². The van der Waals surface area contributed by atoms with Crippen LogP contribution in [0.15, 0.2) is 18.2 Å². The molecule has 0 unspecified atom stereocenters. The lowest BCUT2D eigenvalue weighted by atomic mass is 10.1. The molecular weight excluding hydrogens is 235 g/mol. The smallest absolute Gasteiger partial charge is 0.139 e. The van der Waals surface area contributed by atoms with Crippen LogP contribution in [0.3, 0.4) is 0 Å². The summed E-state index contributed by atoms with van der Waals surface area (Å²) in [6, 6.07) is 5.21. The molecule has 0 atom stereocenters. The zero-order valence-electron chi connectivity index (χ0n) is 8.43. The highest BCUT2D eigenvalue weighted by molar-refractivity contribution is 6.36. The highest BCUT2D eigenvalue weighted by atomic mass is 35.5. The van der Waals surface area contributed by atoms with Gasteiger partial charge in [-0.15, -0.1) is 0 Å². The van der Waals surface area contributed by atoms with Crippen LogP contribution in [-0.4, -0.2) is 19.5 Å². The van der Waals surface area contributed by atoms with Crippen LogP contribution in [0.1, 0.15) is 12.0 Å². The number of benzene rings is 1. The Morgan fingerprint density at radius 2 is 1.93 bits per heavy atom. The van der Waals surface area contributed by atoms with Crippen molar-refractivity contribution in [1.29, 1.82) is 0 Å². The van der Waals surface area contributed by atoms with E-state index in [1.807, 2.05) is 0 Å². The monoisotopic (exact) mass is 246 g/mol. The predicted molar refractivity (Wildman–Crippen MR) is 61.7 cm³/mol. The van der Waals surface area contributed by atoms with E-state index in [0.29, 0.717) is 28.6 Å². The molecule has 82 valence electrons. The third-order valence-corrected chi connectivity index (χ3v) is 2.73. The van der Waals surface area contributed by atoms with Crippen molar-refractivity contribution in [2.45, 2.75) is 12.8 Å². The number of carbonyl (C=O) groups is 1. The Balaban J connectivity index is 2.68. The van der Waals surface area contributed by atoms with Crippen molar-refractivity contribution < 1.29 is 9.53 Å². The van der Waals surface area contributed by atoms with Gasteiger partial charge in [-0.05, 0) is 17.7 Å². The third-order valence-electron chi connectivity index (χ3n) is 2.02. The molecule has 1 aromatic rings. The molecule has 0 aliphatic heterocycles. The lowest BCUT2D eigenvalue weighted by Gasteiger charge is -2.05. The van der Waals surface area contributed by atoms with Crippen molar-refractivity contribution in [3.8, 4) is 0 Å². The van der Waals surface area contributed by atoms with Gasteiger partial charge in [0, 0.05) is 30.0 Å². The summed E-state index contributed by atoms with van der Waals surface area (Å²) in [5, 5.41) is 1.07. The van der Waals surface area contributed by atoms with Crippen LogP contribution in [0.4, 0.5) is 0 Å². The van der Waals surface area contributed by atoms with Gasteiger partial charge in [0.1, 0.15) is 5.78 Å². The number of hydrogen-bond donors (Lipinski definition) is 0. The third kappa shape index (κ3) is 3.82. The summed E-state index contributed by atoms with van der Waals surface area (Å²) < 4.78 is 4.82. The molecule has 2 nitrogen and oxygen atoms in total. The van der Waals surface area contributed by atoms with Crippen molar-refractivity contribution in [2.75, 3.05) is 13.7 Å². The largest absolute Gasteiger partial charge is 0.384 e. The number of methoxy groups -OCH3 is 1. The van der Waals surface area contributed by atoms with E-state index in [-0.39, 0.29) is 12.2 Å². The van der Waals surface area contributed by atoms with Gasteiger partial charge >= 0.3 is 0 Å². The summed E-state index contributed by atoms with van der Waals surface area (Å²) in [6.45, 7) is 0.431. The van der Waals surface area contributed by atoms with Gasteiger partial charge in [0.25, 0.3) is 0 Å². The van der Waals surface area contributed by atoms with E-state index < -0.39 is 0 Å². The average Bonchev–Trinajstić information content (AvgIpc) is 2.21. The van der Waals surface area contributed by atoms with Gasteiger partial charge in [-0.3, -0.25) is 4.79 Å². The van der Waals surface area contributed by atoms with E-state index in [1.54, 1.807) is 25.3 Å². The standard InChI is InChI=1S/C11H12Cl2O2/c1-15-6-5-8(14)7-9-10(12)3-2-4-11(9)13/h2-4H,5-7H2,1H3. The molecule has 0 bridgehead atoms. The van der Waals surface area contributed by atoms with Gasteiger partial charge in [0.15, 0.2) is 0 Å². The molecule has 0 N–H and O–H groups in total. The van der Waals surface area contributed by atoms with Gasteiger partial charge in [0.05, 0.1) is 6.61 Å². The van der Waals surface area contributed by atoms with Gasteiger partial charge in [-0.25, -0.2) is 0 Å². The van der Waals surface area contributed by atoms with Gasteiger partial charge in [0.2, 0.25) is 0 Å². The Hall–Kier alpha value is -0.570. The van der Waals surface area contributed by atoms with Crippen molar-refractivity contribution in [3.05, 3.63) is 33.8 Å². The second-order valence-electron chi connectivity index (χ2n) is 3.16.